The summed E-state index contributed by atoms with van der Waals surface area (Å²) in [4.78, 5) is 1.43. The van der Waals surface area contributed by atoms with Crippen LogP contribution in [-0.2, 0) is 13.1 Å². The SMILES string of the molecule is CCCN(Cc1cc(CNC2CC2)oc1C)CC(F)(F)F. The first kappa shape index (κ1) is 16.4. The van der Waals surface area contributed by atoms with E-state index in [9.17, 15) is 13.2 Å². The molecule has 0 amide bonds. The lowest BCUT2D eigenvalue weighted by Gasteiger charge is -2.22. The maximum absolute atomic E-state index is 12.6. The van der Waals surface area contributed by atoms with Crippen LogP contribution >= 0.6 is 0 Å². The highest BCUT2D eigenvalue weighted by Crippen LogP contribution is 2.23. The van der Waals surface area contributed by atoms with Crippen LogP contribution in [0.3, 0.4) is 0 Å². The van der Waals surface area contributed by atoms with Crippen molar-refractivity contribution in [3.63, 3.8) is 0 Å². The van der Waals surface area contributed by atoms with E-state index < -0.39 is 12.7 Å². The van der Waals surface area contributed by atoms with Crippen LogP contribution in [-0.4, -0.2) is 30.2 Å². The average Bonchev–Trinajstić information content (AvgIpc) is 3.11. The summed E-state index contributed by atoms with van der Waals surface area (Å²) in [7, 11) is 0. The molecule has 0 atom stereocenters. The molecule has 0 bridgehead atoms. The zero-order valence-electron chi connectivity index (χ0n) is 12.6. The molecule has 0 radical (unpaired) electrons. The second-order valence-corrected chi connectivity index (χ2v) is 5.78. The summed E-state index contributed by atoms with van der Waals surface area (Å²) in [5.41, 5.74) is 0.847. The van der Waals surface area contributed by atoms with Crippen molar-refractivity contribution in [3.8, 4) is 0 Å². The maximum atomic E-state index is 12.6. The second kappa shape index (κ2) is 6.83. The molecule has 0 aromatic carbocycles. The number of hydrogen-bond donors (Lipinski definition) is 1. The lowest BCUT2D eigenvalue weighted by molar-refractivity contribution is -0.147. The van der Waals surface area contributed by atoms with Gasteiger partial charge in [0, 0.05) is 18.2 Å². The summed E-state index contributed by atoms with van der Waals surface area (Å²) in [5, 5.41) is 3.34. The van der Waals surface area contributed by atoms with Crippen LogP contribution in [0.1, 0.15) is 43.3 Å². The Balaban J connectivity index is 1.94. The molecule has 0 unspecified atom stereocenters. The van der Waals surface area contributed by atoms with Gasteiger partial charge in [0.05, 0.1) is 13.1 Å². The smallest absolute Gasteiger partial charge is 0.401 e. The molecule has 1 heterocycles. The van der Waals surface area contributed by atoms with Crippen LogP contribution in [0.25, 0.3) is 0 Å². The first-order valence-electron chi connectivity index (χ1n) is 7.48. The largest absolute Gasteiger partial charge is 0.465 e. The molecule has 1 aromatic heterocycles. The van der Waals surface area contributed by atoms with Crippen molar-refractivity contribution in [2.24, 2.45) is 0 Å². The van der Waals surface area contributed by atoms with Crippen LogP contribution in [0.4, 0.5) is 13.2 Å². The highest BCUT2D eigenvalue weighted by Gasteiger charge is 2.30. The summed E-state index contributed by atoms with van der Waals surface area (Å²) in [6.07, 6.45) is -1.07. The number of nitrogens with one attached hydrogen (secondary N) is 1. The molecule has 0 spiro atoms. The molecule has 1 aliphatic rings. The molecule has 21 heavy (non-hydrogen) atoms. The van der Waals surface area contributed by atoms with Gasteiger partial charge in [-0.25, -0.2) is 0 Å². The Morgan fingerprint density at radius 1 is 1.38 bits per heavy atom. The summed E-state index contributed by atoms with van der Waals surface area (Å²) < 4.78 is 43.4. The van der Waals surface area contributed by atoms with Gasteiger partial charge in [-0.1, -0.05) is 6.92 Å². The molecule has 3 nitrogen and oxygen atoms in total. The molecule has 2 rings (SSSR count). The number of hydrogen-bond acceptors (Lipinski definition) is 3. The van der Waals surface area contributed by atoms with E-state index in [1.165, 1.54) is 17.7 Å². The molecule has 6 heteroatoms. The Labute approximate surface area is 123 Å². The summed E-state index contributed by atoms with van der Waals surface area (Å²) in [6, 6.07) is 2.46. The van der Waals surface area contributed by atoms with Gasteiger partial charge in [0.15, 0.2) is 0 Å². The molecule has 120 valence electrons. The van der Waals surface area contributed by atoms with Crippen molar-refractivity contribution >= 4 is 0 Å². The predicted molar refractivity (Wildman–Crippen MR) is 74.9 cm³/mol. The third-order valence-corrected chi connectivity index (χ3v) is 3.55. The first-order chi connectivity index (χ1) is 9.87. The third kappa shape index (κ3) is 5.71. The van der Waals surface area contributed by atoms with E-state index in [2.05, 4.69) is 5.32 Å². The molecular weight excluding hydrogens is 281 g/mol. The van der Waals surface area contributed by atoms with Gasteiger partial charge < -0.3 is 9.73 Å². The molecule has 0 saturated heterocycles. The second-order valence-electron chi connectivity index (χ2n) is 5.78. The summed E-state index contributed by atoms with van der Waals surface area (Å²) in [5.74, 6) is 1.52. The minimum Gasteiger partial charge on any atom is -0.465 e. The topological polar surface area (TPSA) is 28.4 Å². The fraction of sp³-hybridized carbons (Fsp3) is 0.733. The van der Waals surface area contributed by atoms with Gasteiger partial charge in [-0.15, -0.1) is 0 Å². The lowest BCUT2D eigenvalue weighted by Crippen LogP contribution is -2.34. The lowest BCUT2D eigenvalue weighted by atomic mass is 10.2. The van der Waals surface area contributed by atoms with E-state index in [0.717, 1.165) is 11.3 Å². The number of aryl methyl sites for hydroxylation is 1. The molecular formula is C15H23F3N2O. The van der Waals surface area contributed by atoms with Crippen molar-refractivity contribution in [2.45, 2.75) is 58.4 Å². The van der Waals surface area contributed by atoms with Gasteiger partial charge in [-0.2, -0.15) is 13.2 Å². The number of halogens is 3. The Hall–Kier alpha value is -1.01. The molecule has 1 N–H and O–H groups in total. The Kier molecular flexibility index (Phi) is 5.32. The summed E-state index contributed by atoms with van der Waals surface area (Å²) in [6.45, 7) is 4.19. The Morgan fingerprint density at radius 2 is 2.10 bits per heavy atom. The van der Waals surface area contributed by atoms with Crippen LogP contribution in [0, 0.1) is 6.92 Å². The van der Waals surface area contributed by atoms with Crippen LogP contribution in [0.2, 0.25) is 0 Å². The molecule has 1 aliphatic carbocycles. The Morgan fingerprint density at radius 3 is 2.67 bits per heavy atom. The zero-order chi connectivity index (χ0) is 15.5. The number of alkyl halides is 3. The summed E-state index contributed by atoms with van der Waals surface area (Å²) >= 11 is 0. The highest BCUT2D eigenvalue weighted by molar-refractivity contribution is 5.21. The predicted octanol–water partition coefficient (Wildman–Crippen LogP) is 3.61. The number of rotatable bonds is 8. The van der Waals surface area contributed by atoms with E-state index in [0.29, 0.717) is 31.3 Å². The monoisotopic (exact) mass is 304 g/mol. The molecule has 0 aliphatic heterocycles. The quantitative estimate of drug-likeness (QED) is 0.795. The van der Waals surface area contributed by atoms with Gasteiger partial charge in [-0.05, 0) is 38.8 Å². The Bertz CT molecular complexity index is 452. The van der Waals surface area contributed by atoms with Crippen LogP contribution in [0.5, 0.6) is 0 Å². The van der Waals surface area contributed by atoms with E-state index in [1.807, 2.05) is 19.9 Å². The standard InChI is InChI=1S/C15H23F3N2O/c1-3-6-20(10-15(16,17)18)9-12-7-14(21-11(12)2)8-19-13-4-5-13/h7,13,19H,3-6,8-10H2,1-2H3. The van der Waals surface area contributed by atoms with E-state index in [4.69, 9.17) is 4.42 Å². The van der Waals surface area contributed by atoms with Crippen molar-refractivity contribution in [1.82, 2.24) is 10.2 Å². The van der Waals surface area contributed by atoms with Crippen LogP contribution in [0.15, 0.2) is 10.5 Å². The van der Waals surface area contributed by atoms with Gasteiger partial charge >= 0.3 is 6.18 Å². The highest BCUT2D eigenvalue weighted by atomic mass is 19.4. The van der Waals surface area contributed by atoms with Crippen molar-refractivity contribution in [2.75, 3.05) is 13.1 Å². The van der Waals surface area contributed by atoms with E-state index >= 15 is 0 Å². The van der Waals surface area contributed by atoms with E-state index in [1.54, 1.807) is 0 Å². The van der Waals surface area contributed by atoms with Crippen molar-refractivity contribution in [3.05, 3.63) is 23.2 Å². The fourth-order valence-corrected chi connectivity index (χ4v) is 2.39. The number of nitrogens with zero attached hydrogens (tertiary/aromatic N) is 1. The molecule has 1 aromatic rings. The zero-order valence-corrected chi connectivity index (χ0v) is 12.6. The van der Waals surface area contributed by atoms with E-state index in [-0.39, 0.29) is 6.54 Å². The van der Waals surface area contributed by atoms with Crippen molar-refractivity contribution in [1.29, 1.82) is 0 Å². The first-order valence-corrected chi connectivity index (χ1v) is 7.48. The molecule has 1 fully saturated rings. The fourth-order valence-electron chi connectivity index (χ4n) is 2.39. The van der Waals surface area contributed by atoms with Gasteiger partial charge in [-0.3, -0.25) is 4.90 Å². The van der Waals surface area contributed by atoms with Crippen molar-refractivity contribution < 1.29 is 17.6 Å². The average molecular weight is 304 g/mol. The molecule has 1 saturated carbocycles. The van der Waals surface area contributed by atoms with Gasteiger partial charge in [0.2, 0.25) is 0 Å². The van der Waals surface area contributed by atoms with Crippen LogP contribution < -0.4 is 5.32 Å². The minimum atomic E-state index is -4.16. The minimum absolute atomic E-state index is 0.284. The van der Waals surface area contributed by atoms with Gasteiger partial charge in [0.25, 0.3) is 0 Å². The normalized spacial score (nSPS) is 15.9. The third-order valence-electron chi connectivity index (χ3n) is 3.55. The van der Waals surface area contributed by atoms with Gasteiger partial charge in [0.1, 0.15) is 11.5 Å². The maximum Gasteiger partial charge on any atom is 0.401 e. The number of furan rings is 1.